The van der Waals surface area contributed by atoms with Crippen LogP contribution in [0.25, 0.3) is 5.70 Å². The minimum atomic E-state index is 0.168. The maximum atomic E-state index is 6.02. The van der Waals surface area contributed by atoms with Gasteiger partial charge in [0.05, 0.1) is 0 Å². The average Bonchev–Trinajstić information content (AvgIpc) is 2.47. The smallest absolute Gasteiger partial charge is 0.0444 e. The number of hydrogen-bond acceptors (Lipinski definition) is 2. The van der Waals surface area contributed by atoms with Gasteiger partial charge >= 0.3 is 0 Å². The number of nitrogens with one attached hydrogen (secondary N) is 1. The Bertz CT molecular complexity index is 712. The number of anilines is 2. The van der Waals surface area contributed by atoms with Crippen LogP contribution in [-0.4, -0.2) is 0 Å². The molecule has 0 spiro atoms. The first-order chi connectivity index (χ1) is 10.7. The fourth-order valence-electron chi connectivity index (χ4n) is 2.55. The Morgan fingerprint density at radius 1 is 0.957 bits per heavy atom. The highest BCUT2D eigenvalue weighted by Crippen LogP contribution is 2.29. The van der Waals surface area contributed by atoms with Gasteiger partial charge in [-0.25, -0.2) is 0 Å². The second-order valence-electron chi connectivity index (χ2n) is 7.35. The molecule has 0 saturated heterocycles. The zero-order valence-electron chi connectivity index (χ0n) is 15.1. The Kier molecular flexibility index (Phi) is 4.84. The van der Waals surface area contributed by atoms with Crippen molar-refractivity contribution in [2.24, 2.45) is 0 Å². The van der Waals surface area contributed by atoms with Crippen LogP contribution in [0.4, 0.5) is 11.4 Å². The summed E-state index contributed by atoms with van der Waals surface area (Å²) in [5, 5.41) is 3.56. The number of nitrogens with two attached hydrogens (primary N) is 1. The lowest BCUT2D eigenvalue weighted by Crippen LogP contribution is -2.11. The molecule has 122 valence electrons. The number of hydrogen-bond donors (Lipinski definition) is 2. The number of nitrogen functional groups attached to an aromatic ring is 1. The van der Waals surface area contributed by atoms with Crippen molar-refractivity contribution in [2.75, 3.05) is 11.1 Å². The SMILES string of the molecule is CC(C)=C(Nc1cccc(N)c1C)c1ccc(C(C)(C)C)cc1. The summed E-state index contributed by atoms with van der Waals surface area (Å²) in [5.41, 5.74) is 14.1. The first-order valence-corrected chi connectivity index (χ1v) is 8.10. The van der Waals surface area contributed by atoms with Crippen molar-refractivity contribution in [3.05, 3.63) is 64.7 Å². The minimum Gasteiger partial charge on any atom is -0.398 e. The zero-order valence-corrected chi connectivity index (χ0v) is 15.1. The Balaban J connectivity index is 2.37. The highest BCUT2D eigenvalue weighted by molar-refractivity contribution is 5.81. The molecule has 0 aliphatic carbocycles. The topological polar surface area (TPSA) is 38.0 Å². The van der Waals surface area contributed by atoms with Crippen LogP contribution in [-0.2, 0) is 5.41 Å². The molecular formula is C21H28N2. The third kappa shape index (κ3) is 3.95. The van der Waals surface area contributed by atoms with Crippen molar-refractivity contribution in [1.82, 2.24) is 0 Å². The standard InChI is InChI=1S/C21H28N2/c1-14(2)20(23-19-9-7-8-18(22)15(19)3)16-10-12-17(13-11-16)21(4,5)6/h7-13,23H,22H2,1-6H3. The molecule has 0 radical (unpaired) electrons. The van der Waals surface area contributed by atoms with Gasteiger partial charge in [0.15, 0.2) is 0 Å². The van der Waals surface area contributed by atoms with Gasteiger partial charge in [-0.05, 0) is 55.0 Å². The van der Waals surface area contributed by atoms with Crippen LogP contribution in [0.5, 0.6) is 0 Å². The van der Waals surface area contributed by atoms with Gasteiger partial charge in [0.2, 0.25) is 0 Å². The molecule has 0 bridgehead atoms. The van der Waals surface area contributed by atoms with E-state index in [4.69, 9.17) is 5.73 Å². The van der Waals surface area contributed by atoms with E-state index in [1.54, 1.807) is 0 Å². The van der Waals surface area contributed by atoms with Crippen LogP contribution in [0.1, 0.15) is 51.3 Å². The fourth-order valence-corrected chi connectivity index (χ4v) is 2.55. The highest BCUT2D eigenvalue weighted by Gasteiger charge is 2.14. The van der Waals surface area contributed by atoms with Crippen LogP contribution in [0.3, 0.4) is 0 Å². The molecule has 0 aliphatic rings. The highest BCUT2D eigenvalue weighted by atomic mass is 14.9. The van der Waals surface area contributed by atoms with E-state index in [0.717, 1.165) is 22.6 Å². The molecule has 0 heterocycles. The zero-order chi connectivity index (χ0) is 17.2. The van der Waals surface area contributed by atoms with Gasteiger partial charge < -0.3 is 11.1 Å². The van der Waals surface area contributed by atoms with Crippen LogP contribution in [0.15, 0.2) is 48.0 Å². The van der Waals surface area contributed by atoms with E-state index in [1.807, 2.05) is 19.1 Å². The number of benzene rings is 2. The van der Waals surface area contributed by atoms with Crippen molar-refractivity contribution < 1.29 is 0 Å². The lowest BCUT2D eigenvalue weighted by molar-refractivity contribution is 0.590. The summed E-state index contributed by atoms with van der Waals surface area (Å²) < 4.78 is 0. The summed E-state index contributed by atoms with van der Waals surface area (Å²) in [6.45, 7) is 13.0. The van der Waals surface area contributed by atoms with Gasteiger partial charge in [-0.2, -0.15) is 0 Å². The van der Waals surface area contributed by atoms with E-state index < -0.39 is 0 Å². The van der Waals surface area contributed by atoms with E-state index in [2.05, 4.69) is 70.3 Å². The van der Waals surface area contributed by atoms with Crippen molar-refractivity contribution >= 4 is 17.1 Å². The average molecular weight is 308 g/mol. The quantitative estimate of drug-likeness (QED) is 0.710. The summed E-state index contributed by atoms with van der Waals surface area (Å²) in [6, 6.07) is 14.8. The van der Waals surface area contributed by atoms with Crippen molar-refractivity contribution in [3.8, 4) is 0 Å². The molecule has 0 fully saturated rings. The van der Waals surface area contributed by atoms with Gasteiger partial charge in [-0.1, -0.05) is 56.7 Å². The van der Waals surface area contributed by atoms with Gasteiger partial charge in [0, 0.05) is 17.1 Å². The van der Waals surface area contributed by atoms with Crippen molar-refractivity contribution in [3.63, 3.8) is 0 Å². The molecule has 2 aromatic rings. The maximum absolute atomic E-state index is 6.02. The molecule has 23 heavy (non-hydrogen) atoms. The third-order valence-electron chi connectivity index (χ3n) is 4.17. The number of allylic oxidation sites excluding steroid dienone is 1. The molecule has 0 atom stereocenters. The first kappa shape index (κ1) is 17.1. The summed E-state index contributed by atoms with van der Waals surface area (Å²) in [5.74, 6) is 0. The van der Waals surface area contributed by atoms with E-state index in [9.17, 15) is 0 Å². The van der Waals surface area contributed by atoms with Crippen LogP contribution in [0, 0.1) is 6.92 Å². The van der Waals surface area contributed by atoms with Gasteiger partial charge in [-0.15, -0.1) is 0 Å². The molecule has 2 nitrogen and oxygen atoms in total. The van der Waals surface area contributed by atoms with E-state index in [0.29, 0.717) is 0 Å². The Morgan fingerprint density at radius 2 is 1.57 bits per heavy atom. The fraction of sp³-hybridized carbons (Fsp3) is 0.333. The summed E-state index contributed by atoms with van der Waals surface area (Å²) in [6.07, 6.45) is 0. The summed E-state index contributed by atoms with van der Waals surface area (Å²) in [7, 11) is 0. The Labute approximate surface area is 140 Å². The van der Waals surface area contributed by atoms with E-state index in [1.165, 1.54) is 16.7 Å². The van der Waals surface area contributed by atoms with Gasteiger partial charge in [-0.3, -0.25) is 0 Å². The van der Waals surface area contributed by atoms with Crippen LogP contribution < -0.4 is 11.1 Å². The van der Waals surface area contributed by atoms with Gasteiger partial charge in [0.1, 0.15) is 0 Å². The number of rotatable bonds is 3. The van der Waals surface area contributed by atoms with E-state index in [-0.39, 0.29) is 5.41 Å². The molecule has 2 aromatic carbocycles. The predicted molar refractivity (Wildman–Crippen MR) is 103 cm³/mol. The van der Waals surface area contributed by atoms with Crippen molar-refractivity contribution in [2.45, 2.75) is 47.0 Å². The third-order valence-corrected chi connectivity index (χ3v) is 4.17. The molecule has 0 amide bonds. The maximum Gasteiger partial charge on any atom is 0.0444 e. The van der Waals surface area contributed by atoms with Gasteiger partial charge in [0.25, 0.3) is 0 Å². The molecule has 0 aliphatic heterocycles. The Morgan fingerprint density at radius 3 is 2.09 bits per heavy atom. The molecule has 0 aromatic heterocycles. The van der Waals surface area contributed by atoms with Crippen molar-refractivity contribution in [1.29, 1.82) is 0 Å². The normalized spacial score (nSPS) is 11.2. The first-order valence-electron chi connectivity index (χ1n) is 8.10. The molecule has 0 unspecified atom stereocenters. The molecule has 0 saturated carbocycles. The van der Waals surface area contributed by atoms with E-state index >= 15 is 0 Å². The van der Waals surface area contributed by atoms with Crippen LogP contribution in [0.2, 0.25) is 0 Å². The second-order valence-corrected chi connectivity index (χ2v) is 7.35. The molecular weight excluding hydrogens is 280 g/mol. The molecule has 3 N–H and O–H groups in total. The second kappa shape index (κ2) is 6.49. The summed E-state index contributed by atoms with van der Waals surface area (Å²) >= 11 is 0. The monoisotopic (exact) mass is 308 g/mol. The lowest BCUT2D eigenvalue weighted by Gasteiger charge is -2.21. The minimum absolute atomic E-state index is 0.168. The molecule has 2 rings (SSSR count). The Hall–Kier alpha value is -2.22. The summed E-state index contributed by atoms with van der Waals surface area (Å²) in [4.78, 5) is 0. The largest absolute Gasteiger partial charge is 0.398 e. The lowest BCUT2D eigenvalue weighted by atomic mass is 9.86. The van der Waals surface area contributed by atoms with Crippen LogP contribution >= 0.6 is 0 Å². The predicted octanol–water partition coefficient (Wildman–Crippen LogP) is 5.74. The molecule has 2 heteroatoms.